The summed E-state index contributed by atoms with van der Waals surface area (Å²) in [5.74, 6) is -1.50. The van der Waals surface area contributed by atoms with E-state index in [1.165, 1.54) is 0 Å². The van der Waals surface area contributed by atoms with Crippen LogP contribution < -0.4 is 16.4 Å². The SMILES string of the molecule is Cc1ccccc1C(C(=O)NC1CCCCC1)N(C(=O)C(CC(N)=O)NC(=O)OC(C)(C)C)C1CC1. The van der Waals surface area contributed by atoms with Gasteiger partial charge in [0, 0.05) is 12.1 Å². The van der Waals surface area contributed by atoms with E-state index in [1.807, 2.05) is 31.2 Å². The van der Waals surface area contributed by atoms with Crippen LogP contribution in [0.1, 0.15) is 89.3 Å². The summed E-state index contributed by atoms with van der Waals surface area (Å²) in [4.78, 5) is 53.7. The molecular formula is C27H40N4O5. The van der Waals surface area contributed by atoms with Gasteiger partial charge in [0.15, 0.2) is 0 Å². The first-order valence-corrected chi connectivity index (χ1v) is 12.9. The molecule has 3 rings (SSSR count). The van der Waals surface area contributed by atoms with Crippen LogP contribution in [0.3, 0.4) is 0 Å². The summed E-state index contributed by atoms with van der Waals surface area (Å²) >= 11 is 0. The van der Waals surface area contributed by atoms with E-state index in [0.717, 1.165) is 56.1 Å². The predicted molar refractivity (Wildman–Crippen MR) is 136 cm³/mol. The summed E-state index contributed by atoms with van der Waals surface area (Å²) in [6.45, 7) is 7.03. The molecule has 4 N–H and O–H groups in total. The second kappa shape index (κ2) is 11.8. The van der Waals surface area contributed by atoms with Gasteiger partial charge in [-0.15, -0.1) is 0 Å². The molecule has 0 radical (unpaired) electrons. The lowest BCUT2D eigenvalue weighted by Gasteiger charge is -2.36. The van der Waals surface area contributed by atoms with E-state index in [-0.39, 0.29) is 18.0 Å². The van der Waals surface area contributed by atoms with Crippen LogP contribution in [0.25, 0.3) is 0 Å². The number of rotatable bonds is 9. The number of benzene rings is 1. The molecule has 2 aliphatic carbocycles. The number of aryl methyl sites for hydroxylation is 1. The molecule has 9 nitrogen and oxygen atoms in total. The third-order valence-electron chi connectivity index (χ3n) is 6.55. The van der Waals surface area contributed by atoms with Crippen molar-refractivity contribution in [2.24, 2.45) is 5.73 Å². The molecule has 2 saturated carbocycles. The molecule has 2 atom stereocenters. The Bertz CT molecular complexity index is 963. The van der Waals surface area contributed by atoms with Gasteiger partial charge in [-0.3, -0.25) is 14.4 Å². The molecule has 2 fully saturated rings. The van der Waals surface area contributed by atoms with E-state index in [9.17, 15) is 19.2 Å². The first kappa shape index (κ1) is 27.5. The van der Waals surface area contributed by atoms with Gasteiger partial charge in [-0.05, 0) is 64.5 Å². The van der Waals surface area contributed by atoms with Gasteiger partial charge in [0.1, 0.15) is 17.7 Å². The Labute approximate surface area is 213 Å². The van der Waals surface area contributed by atoms with Crippen LogP contribution in [-0.2, 0) is 19.1 Å². The van der Waals surface area contributed by atoms with Crippen LogP contribution in [0.15, 0.2) is 24.3 Å². The van der Waals surface area contributed by atoms with Crippen LogP contribution in [0.2, 0.25) is 0 Å². The average Bonchev–Trinajstić information content (AvgIpc) is 3.61. The van der Waals surface area contributed by atoms with E-state index in [0.29, 0.717) is 0 Å². The largest absolute Gasteiger partial charge is 0.444 e. The van der Waals surface area contributed by atoms with Crippen molar-refractivity contribution >= 4 is 23.8 Å². The molecule has 1 aromatic carbocycles. The minimum absolute atomic E-state index is 0.0650. The highest BCUT2D eigenvalue weighted by molar-refractivity contribution is 5.95. The zero-order valence-electron chi connectivity index (χ0n) is 21.8. The molecule has 0 saturated heterocycles. The molecule has 2 aliphatic rings. The normalized spacial score (nSPS) is 18.0. The number of ether oxygens (including phenoxy) is 1. The third kappa shape index (κ3) is 7.70. The maximum atomic E-state index is 14.0. The van der Waals surface area contributed by atoms with Crippen molar-refractivity contribution in [3.63, 3.8) is 0 Å². The lowest BCUT2D eigenvalue weighted by atomic mass is 9.93. The summed E-state index contributed by atoms with van der Waals surface area (Å²) in [5.41, 5.74) is 6.26. The fourth-order valence-electron chi connectivity index (χ4n) is 4.74. The first-order valence-electron chi connectivity index (χ1n) is 12.9. The molecule has 9 heteroatoms. The van der Waals surface area contributed by atoms with Crippen LogP contribution >= 0.6 is 0 Å². The Kier molecular flexibility index (Phi) is 8.98. The molecule has 0 spiro atoms. The van der Waals surface area contributed by atoms with Crippen molar-refractivity contribution in [1.82, 2.24) is 15.5 Å². The lowest BCUT2D eigenvalue weighted by molar-refractivity contribution is -0.144. The number of amides is 4. The quantitative estimate of drug-likeness (QED) is 0.479. The van der Waals surface area contributed by atoms with Crippen molar-refractivity contribution in [2.75, 3.05) is 0 Å². The standard InChI is InChI=1S/C27H40N4O5/c1-17-10-8-9-13-20(17)23(24(33)29-18-11-6-5-7-12-18)31(19-14-15-19)25(34)21(16-22(28)32)30-26(35)36-27(2,3)4/h8-10,13,18-19,21,23H,5-7,11-12,14-16H2,1-4H3,(H2,28,32)(H,29,33)(H,30,35). The number of carbonyl (C=O) groups excluding carboxylic acids is 4. The van der Waals surface area contributed by atoms with Gasteiger partial charge >= 0.3 is 6.09 Å². The summed E-state index contributed by atoms with van der Waals surface area (Å²) in [6.07, 6.45) is 5.36. The van der Waals surface area contributed by atoms with Crippen LogP contribution in [0.5, 0.6) is 0 Å². The Morgan fingerprint density at radius 3 is 2.25 bits per heavy atom. The van der Waals surface area contributed by atoms with Gasteiger partial charge < -0.3 is 26.0 Å². The molecule has 4 amide bonds. The van der Waals surface area contributed by atoms with E-state index >= 15 is 0 Å². The zero-order chi connectivity index (χ0) is 26.5. The van der Waals surface area contributed by atoms with Gasteiger partial charge in [0.25, 0.3) is 0 Å². The topological polar surface area (TPSA) is 131 Å². The molecule has 0 heterocycles. The molecule has 0 bridgehead atoms. The van der Waals surface area contributed by atoms with Gasteiger partial charge in [-0.2, -0.15) is 0 Å². The van der Waals surface area contributed by atoms with Crippen LogP contribution in [0, 0.1) is 6.92 Å². The number of nitrogens with one attached hydrogen (secondary N) is 2. The highest BCUT2D eigenvalue weighted by Crippen LogP contribution is 2.37. The first-order chi connectivity index (χ1) is 17.0. The van der Waals surface area contributed by atoms with Gasteiger partial charge in [-0.25, -0.2) is 4.79 Å². The van der Waals surface area contributed by atoms with E-state index in [2.05, 4.69) is 10.6 Å². The summed E-state index contributed by atoms with van der Waals surface area (Å²) in [7, 11) is 0. The molecular weight excluding hydrogens is 460 g/mol. The van der Waals surface area contributed by atoms with Crippen molar-refractivity contribution in [2.45, 2.75) is 109 Å². The predicted octanol–water partition coefficient (Wildman–Crippen LogP) is 3.24. The van der Waals surface area contributed by atoms with Gasteiger partial charge in [-0.1, -0.05) is 43.5 Å². The maximum absolute atomic E-state index is 14.0. The molecule has 0 aromatic heterocycles. The smallest absolute Gasteiger partial charge is 0.408 e. The van der Waals surface area contributed by atoms with Crippen molar-refractivity contribution in [1.29, 1.82) is 0 Å². The average molecular weight is 501 g/mol. The van der Waals surface area contributed by atoms with Gasteiger partial charge in [0.2, 0.25) is 17.7 Å². The summed E-state index contributed by atoms with van der Waals surface area (Å²) in [6, 6.07) is 5.26. The van der Waals surface area contributed by atoms with E-state index in [1.54, 1.807) is 25.7 Å². The highest BCUT2D eigenvalue weighted by Gasteiger charge is 2.45. The fraction of sp³-hybridized carbons (Fsp3) is 0.630. The van der Waals surface area contributed by atoms with Crippen molar-refractivity contribution in [3.8, 4) is 0 Å². The third-order valence-corrected chi connectivity index (χ3v) is 6.55. The molecule has 1 aromatic rings. The number of primary amides is 1. The van der Waals surface area contributed by atoms with Crippen LogP contribution in [-0.4, -0.2) is 52.4 Å². The Hall–Kier alpha value is -3.10. The highest BCUT2D eigenvalue weighted by atomic mass is 16.6. The van der Waals surface area contributed by atoms with Crippen LogP contribution in [0.4, 0.5) is 4.79 Å². The second-order valence-corrected chi connectivity index (χ2v) is 10.9. The Morgan fingerprint density at radius 1 is 1.06 bits per heavy atom. The number of hydrogen-bond acceptors (Lipinski definition) is 5. The minimum Gasteiger partial charge on any atom is -0.444 e. The van der Waals surface area contributed by atoms with E-state index in [4.69, 9.17) is 10.5 Å². The lowest BCUT2D eigenvalue weighted by Crippen LogP contribution is -2.55. The Balaban J connectivity index is 1.94. The molecule has 36 heavy (non-hydrogen) atoms. The number of nitrogens with zero attached hydrogens (tertiary/aromatic N) is 1. The summed E-state index contributed by atoms with van der Waals surface area (Å²) < 4.78 is 5.32. The minimum atomic E-state index is -1.24. The molecule has 2 unspecified atom stereocenters. The summed E-state index contributed by atoms with van der Waals surface area (Å²) in [5, 5.41) is 5.70. The molecule has 0 aliphatic heterocycles. The van der Waals surface area contributed by atoms with Crippen molar-refractivity contribution < 1.29 is 23.9 Å². The maximum Gasteiger partial charge on any atom is 0.408 e. The number of carbonyl (C=O) groups is 4. The number of alkyl carbamates (subject to hydrolysis) is 1. The van der Waals surface area contributed by atoms with Crippen molar-refractivity contribution in [3.05, 3.63) is 35.4 Å². The Morgan fingerprint density at radius 2 is 1.69 bits per heavy atom. The molecule has 198 valence electrons. The fourth-order valence-corrected chi connectivity index (χ4v) is 4.74. The number of nitrogens with two attached hydrogens (primary N) is 1. The monoisotopic (exact) mass is 500 g/mol. The van der Waals surface area contributed by atoms with E-state index < -0.39 is 42.0 Å². The number of hydrogen-bond donors (Lipinski definition) is 3. The second-order valence-electron chi connectivity index (χ2n) is 10.9. The zero-order valence-corrected chi connectivity index (χ0v) is 21.8. The van der Waals surface area contributed by atoms with Gasteiger partial charge in [0.05, 0.1) is 6.42 Å².